The van der Waals surface area contributed by atoms with Gasteiger partial charge in [0.15, 0.2) is 11.6 Å². The number of aromatic amines is 2. The van der Waals surface area contributed by atoms with Crippen molar-refractivity contribution in [3.8, 4) is 28.4 Å². The molecule has 0 amide bonds. The molecule has 2 aromatic heterocycles. The minimum Gasteiger partial charge on any atom is -0.508 e. The molecule has 7 heteroatoms. The molecule has 3 heterocycles. The first-order valence-corrected chi connectivity index (χ1v) is 12.1. The summed E-state index contributed by atoms with van der Waals surface area (Å²) in [6.45, 7) is 4.05. The van der Waals surface area contributed by atoms with Crippen LogP contribution in [0.2, 0.25) is 0 Å². The molecule has 6 rings (SSSR count). The summed E-state index contributed by atoms with van der Waals surface area (Å²) in [5.41, 5.74) is 5.32. The molecule has 1 aliphatic carbocycles. The van der Waals surface area contributed by atoms with E-state index in [4.69, 9.17) is 4.98 Å². The molecule has 0 spiro atoms. The van der Waals surface area contributed by atoms with Crippen molar-refractivity contribution < 1.29 is 9.50 Å². The van der Waals surface area contributed by atoms with E-state index in [1.165, 1.54) is 24.8 Å². The van der Waals surface area contributed by atoms with E-state index in [1.807, 2.05) is 19.2 Å². The molecule has 1 aliphatic heterocycles. The Morgan fingerprint density at radius 2 is 2.03 bits per heavy atom. The molecule has 6 nitrogen and oxygen atoms in total. The fourth-order valence-corrected chi connectivity index (χ4v) is 5.19. The van der Waals surface area contributed by atoms with E-state index >= 15 is 4.39 Å². The summed E-state index contributed by atoms with van der Waals surface area (Å²) in [5, 5.41) is 17.8. The number of halogens is 1. The summed E-state index contributed by atoms with van der Waals surface area (Å²) in [4.78, 5) is 10.6. The van der Waals surface area contributed by atoms with Gasteiger partial charge >= 0.3 is 0 Å². The average molecular weight is 458 g/mol. The second-order valence-electron chi connectivity index (χ2n) is 9.31. The summed E-state index contributed by atoms with van der Waals surface area (Å²) in [5.74, 6) is 0.465. The van der Waals surface area contributed by atoms with Crippen molar-refractivity contribution in [2.45, 2.75) is 45.1 Å². The van der Waals surface area contributed by atoms with Gasteiger partial charge in [0.25, 0.3) is 0 Å². The quantitative estimate of drug-likeness (QED) is 0.361. The summed E-state index contributed by atoms with van der Waals surface area (Å²) in [7, 11) is 0. The number of hydrogen-bond acceptors (Lipinski definition) is 4. The SMILES string of the molecule is CCc1cc(O)ccc1-c1ccc2c(-c3nc(C4=CCN(C5CCC5)CC4)c[nH]3)n[nH]c2c1F. The molecule has 174 valence electrons. The largest absolute Gasteiger partial charge is 0.508 e. The van der Waals surface area contributed by atoms with E-state index in [-0.39, 0.29) is 11.6 Å². The maximum absolute atomic E-state index is 15.6. The van der Waals surface area contributed by atoms with Gasteiger partial charge in [0.1, 0.15) is 17.0 Å². The van der Waals surface area contributed by atoms with Crippen molar-refractivity contribution in [3.63, 3.8) is 0 Å². The van der Waals surface area contributed by atoms with Crippen LogP contribution in [0.5, 0.6) is 5.75 Å². The predicted molar refractivity (Wildman–Crippen MR) is 132 cm³/mol. The number of aryl methyl sites for hydroxylation is 1. The standard InChI is InChI=1S/C27H28FN5O/c1-2-16-14-19(34)6-7-20(16)21-8-9-22-25(24(21)28)31-32-26(22)27-29-15-23(30-27)17-10-12-33(13-11-17)18-4-3-5-18/h6-10,14-15,18,34H,2-5,11-13H2,1H3,(H,29,30)(H,31,32). The number of rotatable bonds is 5. The monoisotopic (exact) mass is 457 g/mol. The second kappa shape index (κ2) is 8.40. The van der Waals surface area contributed by atoms with Crippen LogP contribution in [-0.4, -0.2) is 49.3 Å². The molecule has 4 aromatic rings. The molecule has 34 heavy (non-hydrogen) atoms. The molecule has 0 bridgehead atoms. The van der Waals surface area contributed by atoms with E-state index in [0.717, 1.165) is 42.4 Å². The number of aromatic hydroxyl groups is 1. The van der Waals surface area contributed by atoms with Crippen molar-refractivity contribution in [2.75, 3.05) is 13.1 Å². The average Bonchev–Trinajstić information content (AvgIpc) is 3.47. The number of nitrogens with zero attached hydrogens (tertiary/aromatic N) is 3. The molecular weight excluding hydrogens is 429 g/mol. The lowest BCUT2D eigenvalue weighted by Gasteiger charge is -2.39. The molecule has 0 atom stereocenters. The maximum Gasteiger partial charge on any atom is 0.159 e. The van der Waals surface area contributed by atoms with E-state index in [2.05, 4.69) is 26.2 Å². The predicted octanol–water partition coefficient (Wildman–Crippen LogP) is 5.67. The minimum atomic E-state index is -0.352. The van der Waals surface area contributed by atoms with Crippen molar-refractivity contribution in [3.05, 3.63) is 59.7 Å². The van der Waals surface area contributed by atoms with E-state index in [0.29, 0.717) is 34.4 Å². The number of phenolic OH excluding ortho intramolecular Hbond substituents is 1. The number of phenols is 1. The van der Waals surface area contributed by atoms with E-state index < -0.39 is 0 Å². The highest BCUT2D eigenvalue weighted by molar-refractivity contribution is 5.94. The molecule has 3 N–H and O–H groups in total. The zero-order valence-corrected chi connectivity index (χ0v) is 19.2. The van der Waals surface area contributed by atoms with Crippen molar-refractivity contribution in [1.29, 1.82) is 0 Å². The van der Waals surface area contributed by atoms with Gasteiger partial charge in [-0.3, -0.25) is 10.00 Å². The molecule has 1 saturated carbocycles. The maximum atomic E-state index is 15.6. The fraction of sp³-hybridized carbons (Fsp3) is 0.333. The Kier molecular flexibility index (Phi) is 5.21. The number of nitrogens with one attached hydrogen (secondary N) is 2. The van der Waals surface area contributed by atoms with Gasteiger partial charge < -0.3 is 10.1 Å². The number of imidazole rings is 1. The fourth-order valence-electron chi connectivity index (χ4n) is 5.19. The van der Waals surface area contributed by atoms with Crippen molar-refractivity contribution >= 4 is 16.5 Å². The third-order valence-corrected chi connectivity index (χ3v) is 7.40. The van der Waals surface area contributed by atoms with Crippen LogP contribution < -0.4 is 0 Å². The lowest BCUT2D eigenvalue weighted by molar-refractivity contribution is 0.141. The highest BCUT2D eigenvalue weighted by Crippen LogP contribution is 2.35. The van der Waals surface area contributed by atoms with Crippen LogP contribution in [0.1, 0.15) is 43.9 Å². The number of H-pyrrole nitrogens is 2. The van der Waals surface area contributed by atoms with Crippen LogP contribution in [0.15, 0.2) is 42.6 Å². The molecule has 2 aliphatic rings. The highest BCUT2D eigenvalue weighted by atomic mass is 19.1. The van der Waals surface area contributed by atoms with E-state index in [9.17, 15) is 5.11 Å². The minimum absolute atomic E-state index is 0.184. The Balaban J connectivity index is 1.31. The molecule has 0 unspecified atom stereocenters. The highest BCUT2D eigenvalue weighted by Gasteiger charge is 2.27. The van der Waals surface area contributed by atoms with Crippen LogP contribution in [-0.2, 0) is 6.42 Å². The van der Waals surface area contributed by atoms with Gasteiger partial charge in [-0.1, -0.05) is 31.6 Å². The van der Waals surface area contributed by atoms with Crippen LogP contribution >= 0.6 is 0 Å². The second-order valence-corrected chi connectivity index (χ2v) is 9.31. The summed E-state index contributed by atoms with van der Waals surface area (Å²) >= 11 is 0. The summed E-state index contributed by atoms with van der Waals surface area (Å²) in [6, 6.07) is 9.47. The van der Waals surface area contributed by atoms with Gasteiger partial charge in [-0.25, -0.2) is 9.37 Å². The van der Waals surface area contributed by atoms with Gasteiger partial charge in [-0.15, -0.1) is 0 Å². The van der Waals surface area contributed by atoms with Gasteiger partial charge in [0.05, 0.1) is 5.69 Å². The Hall–Kier alpha value is -3.45. The lowest BCUT2D eigenvalue weighted by Crippen LogP contribution is -2.42. The summed E-state index contributed by atoms with van der Waals surface area (Å²) in [6.07, 6.45) is 9.91. The number of hydrogen-bond donors (Lipinski definition) is 3. The third kappa shape index (κ3) is 3.51. The zero-order valence-electron chi connectivity index (χ0n) is 19.2. The Morgan fingerprint density at radius 3 is 2.76 bits per heavy atom. The zero-order chi connectivity index (χ0) is 23.2. The van der Waals surface area contributed by atoms with Crippen molar-refractivity contribution in [2.24, 2.45) is 0 Å². The Bertz CT molecular complexity index is 1400. The van der Waals surface area contributed by atoms with Gasteiger partial charge in [0.2, 0.25) is 0 Å². The first kappa shape index (κ1) is 21.1. The van der Waals surface area contributed by atoms with Crippen LogP contribution in [0, 0.1) is 5.82 Å². The molecule has 0 radical (unpaired) electrons. The van der Waals surface area contributed by atoms with Gasteiger partial charge in [-0.05, 0) is 60.6 Å². The Labute approximate surface area is 197 Å². The van der Waals surface area contributed by atoms with Crippen LogP contribution in [0.25, 0.3) is 39.1 Å². The van der Waals surface area contributed by atoms with Crippen molar-refractivity contribution in [1.82, 2.24) is 25.1 Å². The smallest absolute Gasteiger partial charge is 0.159 e. The third-order valence-electron chi connectivity index (χ3n) is 7.40. The topological polar surface area (TPSA) is 80.8 Å². The molecular formula is C27H28FN5O. The van der Waals surface area contributed by atoms with Gasteiger partial charge in [0, 0.05) is 36.3 Å². The Morgan fingerprint density at radius 1 is 1.18 bits per heavy atom. The first-order valence-electron chi connectivity index (χ1n) is 12.1. The normalized spacial score (nSPS) is 17.2. The van der Waals surface area contributed by atoms with Gasteiger partial charge in [-0.2, -0.15) is 5.10 Å². The molecule has 2 aromatic carbocycles. The molecule has 1 fully saturated rings. The molecule has 0 saturated heterocycles. The summed E-state index contributed by atoms with van der Waals surface area (Å²) < 4.78 is 15.6. The lowest BCUT2D eigenvalue weighted by atomic mass is 9.90. The number of aromatic nitrogens is 4. The van der Waals surface area contributed by atoms with Crippen LogP contribution in [0.4, 0.5) is 4.39 Å². The number of benzene rings is 2. The van der Waals surface area contributed by atoms with E-state index in [1.54, 1.807) is 24.3 Å². The number of fused-ring (bicyclic) bond motifs is 1. The van der Waals surface area contributed by atoms with Crippen LogP contribution in [0.3, 0.4) is 0 Å². The first-order chi connectivity index (χ1) is 16.6.